The fourth-order valence-electron chi connectivity index (χ4n) is 3.57. The molecule has 0 saturated carbocycles. The molecule has 6 heteroatoms. The fourth-order valence-corrected chi connectivity index (χ4v) is 3.57. The zero-order valence-electron chi connectivity index (χ0n) is 16.1. The van der Waals surface area contributed by atoms with E-state index in [2.05, 4.69) is 46.4 Å². The van der Waals surface area contributed by atoms with E-state index in [1.54, 1.807) is 4.90 Å². The van der Waals surface area contributed by atoms with Crippen molar-refractivity contribution in [1.29, 1.82) is 0 Å². The number of likely N-dealkylation sites (tertiary alicyclic amines) is 1. The molecule has 0 bridgehead atoms. The van der Waals surface area contributed by atoms with E-state index >= 15 is 0 Å². The molecule has 1 aromatic carbocycles. The van der Waals surface area contributed by atoms with Gasteiger partial charge in [-0.25, -0.2) is 4.68 Å². The molecule has 2 aromatic rings. The summed E-state index contributed by atoms with van der Waals surface area (Å²) in [5.74, 6) is -0.0337. The lowest BCUT2D eigenvalue weighted by Crippen LogP contribution is -2.36. The van der Waals surface area contributed by atoms with Crippen LogP contribution in [0, 0.1) is 6.92 Å². The van der Waals surface area contributed by atoms with Crippen LogP contribution in [-0.4, -0.2) is 56.9 Å². The Hall–Kier alpha value is -2.21. The quantitative estimate of drug-likeness (QED) is 0.799. The zero-order valence-corrected chi connectivity index (χ0v) is 16.1. The van der Waals surface area contributed by atoms with Crippen LogP contribution in [0.25, 0.3) is 0 Å². The summed E-state index contributed by atoms with van der Waals surface area (Å²) in [6.45, 7) is 10.5. The van der Waals surface area contributed by atoms with Crippen LogP contribution in [0.4, 0.5) is 0 Å². The lowest BCUT2D eigenvalue weighted by molar-refractivity contribution is 0.0767. The maximum Gasteiger partial charge on any atom is 0.276 e. The van der Waals surface area contributed by atoms with Gasteiger partial charge in [-0.15, -0.1) is 5.10 Å². The highest BCUT2D eigenvalue weighted by Crippen LogP contribution is 2.22. The molecule has 0 N–H and O–H groups in total. The number of amides is 1. The van der Waals surface area contributed by atoms with Gasteiger partial charge in [-0.05, 0) is 45.7 Å². The van der Waals surface area contributed by atoms with Crippen LogP contribution in [0.3, 0.4) is 0 Å². The van der Waals surface area contributed by atoms with Crippen molar-refractivity contribution in [2.45, 2.75) is 46.2 Å². The molecule has 2 heterocycles. The average molecular weight is 355 g/mol. The van der Waals surface area contributed by atoms with Gasteiger partial charge in [0.05, 0.1) is 12.2 Å². The molecule has 1 atom stereocenters. The minimum absolute atomic E-state index is 0.0337. The number of hydrogen-bond donors (Lipinski definition) is 0. The van der Waals surface area contributed by atoms with Gasteiger partial charge in [-0.1, -0.05) is 35.0 Å². The molecule has 1 amide bonds. The van der Waals surface area contributed by atoms with Gasteiger partial charge in [-0.3, -0.25) is 9.69 Å². The second kappa shape index (κ2) is 8.45. The summed E-state index contributed by atoms with van der Waals surface area (Å²) in [6.07, 6.45) is 4.03. The highest BCUT2D eigenvalue weighted by Gasteiger charge is 2.24. The van der Waals surface area contributed by atoms with Gasteiger partial charge in [0, 0.05) is 26.2 Å². The third-order valence-electron chi connectivity index (χ3n) is 5.16. The molecule has 1 fully saturated rings. The van der Waals surface area contributed by atoms with Crippen molar-refractivity contribution in [3.05, 3.63) is 47.3 Å². The minimum Gasteiger partial charge on any atom is -0.338 e. The van der Waals surface area contributed by atoms with Gasteiger partial charge in [0.2, 0.25) is 0 Å². The van der Waals surface area contributed by atoms with Crippen LogP contribution >= 0.6 is 0 Å². The number of rotatable bonds is 6. The molecule has 0 unspecified atom stereocenters. The number of hydrogen-bond acceptors (Lipinski definition) is 4. The Bertz CT molecular complexity index is 720. The van der Waals surface area contributed by atoms with E-state index in [1.165, 1.54) is 11.1 Å². The van der Waals surface area contributed by atoms with Crippen LogP contribution in [0.1, 0.15) is 54.3 Å². The Morgan fingerprint density at radius 3 is 2.65 bits per heavy atom. The molecule has 1 aliphatic rings. The third kappa shape index (κ3) is 4.30. The van der Waals surface area contributed by atoms with Crippen molar-refractivity contribution < 1.29 is 4.79 Å². The average Bonchev–Trinajstić information content (AvgIpc) is 3.15. The van der Waals surface area contributed by atoms with E-state index in [4.69, 9.17) is 0 Å². The molecular formula is C20H29N5O. The first-order chi connectivity index (χ1) is 12.6. The second-order valence-corrected chi connectivity index (χ2v) is 7.08. The van der Waals surface area contributed by atoms with E-state index in [0.29, 0.717) is 18.8 Å². The van der Waals surface area contributed by atoms with Gasteiger partial charge in [0.15, 0.2) is 5.69 Å². The first-order valence-corrected chi connectivity index (χ1v) is 9.59. The van der Waals surface area contributed by atoms with Gasteiger partial charge in [0.1, 0.15) is 0 Å². The number of carbonyl (C=O) groups excluding carboxylic acids is 1. The molecule has 26 heavy (non-hydrogen) atoms. The lowest BCUT2D eigenvalue weighted by atomic mass is 10.0. The summed E-state index contributed by atoms with van der Waals surface area (Å²) in [5, 5.41) is 8.39. The topological polar surface area (TPSA) is 54.3 Å². The van der Waals surface area contributed by atoms with Crippen molar-refractivity contribution in [2.24, 2.45) is 0 Å². The Balaban J connectivity index is 1.64. The molecule has 6 nitrogen and oxygen atoms in total. The summed E-state index contributed by atoms with van der Waals surface area (Å²) < 4.78 is 1.89. The predicted octanol–water partition coefficient (Wildman–Crippen LogP) is 2.91. The zero-order chi connectivity index (χ0) is 18.5. The largest absolute Gasteiger partial charge is 0.338 e. The first kappa shape index (κ1) is 18.6. The van der Waals surface area contributed by atoms with E-state index < -0.39 is 0 Å². The first-order valence-electron chi connectivity index (χ1n) is 9.59. The summed E-state index contributed by atoms with van der Waals surface area (Å²) >= 11 is 0. The van der Waals surface area contributed by atoms with E-state index in [-0.39, 0.29) is 11.9 Å². The smallest absolute Gasteiger partial charge is 0.276 e. The molecular weight excluding hydrogens is 326 g/mol. The van der Waals surface area contributed by atoms with Gasteiger partial charge in [-0.2, -0.15) is 0 Å². The maximum atomic E-state index is 12.4. The number of aromatic nitrogens is 3. The summed E-state index contributed by atoms with van der Waals surface area (Å²) in [4.78, 5) is 16.7. The molecule has 0 aliphatic carbocycles. The van der Waals surface area contributed by atoms with Crippen molar-refractivity contribution in [1.82, 2.24) is 24.8 Å². The van der Waals surface area contributed by atoms with Crippen molar-refractivity contribution in [3.8, 4) is 0 Å². The Morgan fingerprint density at radius 2 is 1.96 bits per heavy atom. The predicted molar refractivity (Wildman–Crippen MR) is 102 cm³/mol. The molecule has 1 aromatic heterocycles. The van der Waals surface area contributed by atoms with Crippen molar-refractivity contribution in [3.63, 3.8) is 0 Å². The van der Waals surface area contributed by atoms with E-state index in [1.807, 2.05) is 24.7 Å². The van der Waals surface area contributed by atoms with Gasteiger partial charge in [0.25, 0.3) is 5.91 Å². The molecule has 1 saturated heterocycles. The standard InChI is InChI=1S/C20H29N5O/c1-4-24(5-2)20(26)19-15-25(22-21-19)18-7-6-12-23(14-18)13-17-10-8-16(3)9-11-17/h8-11,15,18H,4-7,12-14H2,1-3H3/t18-/m1/s1. The van der Waals surface area contributed by atoms with Crippen LogP contribution in [0.15, 0.2) is 30.5 Å². The van der Waals surface area contributed by atoms with Crippen LogP contribution in [0.2, 0.25) is 0 Å². The number of benzene rings is 1. The van der Waals surface area contributed by atoms with Crippen LogP contribution in [-0.2, 0) is 6.54 Å². The third-order valence-corrected chi connectivity index (χ3v) is 5.16. The van der Waals surface area contributed by atoms with Crippen molar-refractivity contribution >= 4 is 5.91 Å². The molecule has 0 radical (unpaired) electrons. The number of piperidine rings is 1. The monoisotopic (exact) mass is 355 g/mol. The SMILES string of the molecule is CCN(CC)C(=O)c1cn([C@@H]2CCCN(Cc3ccc(C)cc3)C2)nn1. The summed E-state index contributed by atoms with van der Waals surface area (Å²) in [5.41, 5.74) is 3.08. The van der Waals surface area contributed by atoms with Crippen molar-refractivity contribution in [2.75, 3.05) is 26.2 Å². The highest BCUT2D eigenvalue weighted by atomic mass is 16.2. The Kier molecular flexibility index (Phi) is 6.04. The fraction of sp³-hybridized carbons (Fsp3) is 0.550. The van der Waals surface area contributed by atoms with Crippen LogP contribution in [0.5, 0.6) is 0 Å². The van der Waals surface area contributed by atoms with Gasteiger partial charge >= 0.3 is 0 Å². The number of aryl methyl sites for hydroxylation is 1. The molecule has 140 valence electrons. The van der Waals surface area contributed by atoms with E-state index in [0.717, 1.165) is 32.5 Å². The summed E-state index contributed by atoms with van der Waals surface area (Å²) in [7, 11) is 0. The van der Waals surface area contributed by atoms with Crippen LogP contribution < -0.4 is 0 Å². The Morgan fingerprint density at radius 1 is 1.23 bits per heavy atom. The normalized spacial score (nSPS) is 18.0. The molecule has 1 aliphatic heterocycles. The summed E-state index contributed by atoms with van der Waals surface area (Å²) in [6, 6.07) is 9.02. The lowest BCUT2D eigenvalue weighted by Gasteiger charge is -2.32. The van der Waals surface area contributed by atoms with E-state index in [9.17, 15) is 4.79 Å². The van der Waals surface area contributed by atoms with Gasteiger partial charge < -0.3 is 4.90 Å². The number of nitrogens with zero attached hydrogens (tertiary/aromatic N) is 5. The highest BCUT2D eigenvalue weighted by molar-refractivity contribution is 5.91. The number of carbonyl (C=O) groups is 1. The molecule has 3 rings (SSSR count). The Labute approximate surface area is 155 Å². The molecule has 0 spiro atoms. The second-order valence-electron chi connectivity index (χ2n) is 7.08. The maximum absolute atomic E-state index is 12.4. The minimum atomic E-state index is -0.0337.